The molecule has 7 nitrogen and oxygen atoms in total. The first-order valence-corrected chi connectivity index (χ1v) is 11.9. The number of benzene rings is 1. The Hall–Kier alpha value is -3.91. The fraction of sp³-hybridized carbons (Fsp3) is 0.222. The van der Waals surface area contributed by atoms with Gasteiger partial charge in [0.25, 0.3) is 0 Å². The van der Waals surface area contributed by atoms with E-state index < -0.39 is 0 Å². The third-order valence-electron chi connectivity index (χ3n) is 6.71. The van der Waals surface area contributed by atoms with Crippen LogP contribution in [0.4, 0.5) is 5.69 Å². The zero-order valence-electron chi connectivity index (χ0n) is 19.7. The number of pyridine rings is 2. The Kier molecular flexibility index (Phi) is 5.18. The number of nitrogens with one attached hydrogen (secondary N) is 1. The van der Waals surface area contributed by atoms with Gasteiger partial charge in [0.2, 0.25) is 6.79 Å². The minimum Gasteiger partial charge on any atom is -0.454 e. The number of fused-ring (bicyclic) bond motifs is 1. The van der Waals surface area contributed by atoms with Crippen molar-refractivity contribution in [1.82, 2.24) is 19.9 Å². The monoisotopic (exact) mass is 483 g/mol. The van der Waals surface area contributed by atoms with Crippen molar-refractivity contribution in [3.05, 3.63) is 95.2 Å². The molecular weight excluding hydrogens is 458 g/mol. The van der Waals surface area contributed by atoms with E-state index in [0.717, 1.165) is 51.2 Å². The molecule has 6 rings (SSSR count). The molecule has 3 aromatic heterocycles. The summed E-state index contributed by atoms with van der Waals surface area (Å²) >= 11 is 5.90. The molecule has 0 bridgehead atoms. The molecule has 35 heavy (non-hydrogen) atoms. The number of aryl methyl sites for hydroxylation is 2. The van der Waals surface area contributed by atoms with Gasteiger partial charge in [0, 0.05) is 35.5 Å². The second-order valence-corrected chi connectivity index (χ2v) is 9.23. The number of ether oxygens (including phenoxy) is 2. The molecule has 176 valence electrons. The third kappa shape index (κ3) is 3.52. The van der Waals surface area contributed by atoms with Gasteiger partial charge in [-0.1, -0.05) is 12.1 Å². The summed E-state index contributed by atoms with van der Waals surface area (Å²) in [6.07, 6.45) is 3.66. The van der Waals surface area contributed by atoms with E-state index in [9.17, 15) is 0 Å². The Balaban J connectivity index is 1.52. The molecule has 1 saturated heterocycles. The zero-order valence-corrected chi connectivity index (χ0v) is 20.5. The van der Waals surface area contributed by atoms with Crippen molar-refractivity contribution in [2.75, 3.05) is 11.7 Å². The standard InChI is InChI=1S/C27H25N5O2S/c1-16-7-6-12-29-26(16)31-17(2)13-20(18(31)3)25-24(21-8-4-5-11-28-21)30-27(35)32(25)19-9-10-22-23(14-19)34-15-33-22/h4-14,24-25H,15H2,1-3H3,(H,30,35)/t24-,25+/m0/s1. The second kappa shape index (κ2) is 8.39. The fourth-order valence-corrected chi connectivity index (χ4v) is 5.45. The Labute approximate surface area is 209 Å². The fourth-order valence-electron chi connectivity index (χ4n) is 5.11. The van der Waals surface area contributed by atoms with Crippen molar-refractivity contribution in [2.45, 2.75) is 32.9 Å². The second-order valence-electron chi connectivity index (χ2n) is 8.84. The van der Waals surface area contributed by atoms with Gasteiger partial charge >= 0.3 is 0 Å². The van der Waals surface area contributed by atoms with Crippen LogP contribution in [0, 0.1) is 20.8 Å². The number of rotatable bonds is 4. The predicted molar refractivity (Wildman–Crippen MR) is 138 cm³/mol. The molecule has 2 aliphatic heterocycles. The van der Waals surface area contributed by atoms with Gasteiger partial charge in [-0.3, -0.25) is 4.98 Å². The summed E-state index contributed by atoms with van der Waals surface area (Å²) in [4.78, 5) is 11.5. The molecule has 0 saturated carbocycles. The Morgan fingerprint density at radius 3 is 2.57 bits per heavy atom. The lowest BCUT2D eigenvalue weighted by Crippen LogP contribution is -2.29. The minimum atomic E-state index is -0.132. The zero-order chi connectivity index (χ0) is 24.1. The molecule has 2 atom stereocenters. The first-order chi connectivity index (χ1) is 17.0. The molecule has 0 radical (unpaired) electrons. The highest BCUT2D eigenvalue weighted by Crippen LogP contribution is 2.46. The summed E-state index contributed by atoms with van der Waals surface area (Å²) in [6, 6.07) is 18.0. The SMILES string of the molecule is Cc1cccnc1-n1c(C)cc([C@@H]2[C@H](c3ccccn3)NC(=S)N2c2ccc3c(c2)OCO3)c1C. The van der Waals surface area contributed by atoms with Gasteiger partial charge in [-0.05, 0) is 80.5 Å². The minimum absolute atomic E-state index is 0.123. The van der Waals surface area contributed by atoms with Gasteiger partial charge in [-0.25, -0.2) is 4.98 Å². The van der Waals surface area contributed by atoms with E-state index in [1.807, 2.05) is 54.9 Å². The van der Waals surface area contributed by atoms with Crippen molar-refractivity contribution < 1.29 is 9.47 Å². The lowest BCUT2D eigenvalue weighted by molar-refractivity contribution is 0.174. The lowest BCUT2D eigenvalue weighted by Gasteiger charge is -2.28. The number of thiocarbonyl (C=S) groups is 1. The molecule has 5 heterocycles. The van der Waals surface area contributed by atoms with Gasteiger partial charge in [0.05, 0.1) is 17.8 Å². The molecule has 1 aromatic carbocycles. The molecule has 0 aliphatic carbocycles. The first kappa shape index (κ1) is 21.6. The Bertz CT molecular complexity index is 1440. The highest BCUT2D eigenvalue weighted by molar-refractivity contribution is 7.80. The first-order valence-electron chi connectivity index (χ1n) is 11.5. The summed E-state index contributed by atoms with van der Waals surface area (Å²) in [6.45, 7) is 6.58. The topological polar surface area (TPSA) is 64.4 Å². The highest BCUT2D eigenvalue weighted by Gasteiger charge is 2.42. The average molecular weight is 484 g/mol. The lowest BCUT2D eigenvalue weighted by atomic mass is 9.96. The quantitative estimate of drug-likeness (QED) is 0.405. The average Bonchev–Trinajstić information content (AvgIpc) is 3.55. The summed E-state index contributed by atoms with van der Waals surface area (Å²) in [5, 5.41) is 4.18. The Morgan fingerprint density at radius 2 is 1.77 bits per heavy atom. The molecule has 1 N–H and O–H groups in total. The normalized spacial score (nSPS) is 18.7. The van der Waals surface area contributed by atoms with E-state index in [1.54, 1.807) is 0 Å². The van der Waals surface area contributed by atoms with Crippen molar-refractivity contribution in [1.29, 1.82) is 0 Å². The van der Waals surface area contributed by atoms with E-state index in [-0.39, 0.29) is 18.9 Å². The van der Waals surface area contributed by atoms with Gasteiger partial charge in [0.1, 0.15) is 5.82 Å². The summed E-state index contributed by atoms with van der Waals surface area (Å²) in [5.74, 6) is 2.40. The predicted octanol–water partition coefficient (Wildman–Crippen LogP) is 5.10. The van der Waals surface area contributed by atoms with E-state index in [0.29, 0.717) is 5.11 Å². The van der Waals surface area contributed by atoms with Crippen molar-refractivity contribution >= 4 is 23.0 Å². The number of aromatic nitrogens is 3. The third-order valence-corrected chi connectivity index (χ3v) is 7.03. The molecular formula is C27H25N5O2S. The largest absolute Gasteiger partial charge is 0.454 e. The number of anilines is 1. The van der Waals surface area contributed by atoms with Crippen LogP contribution in [0.25, 0.3) is 5.82 Å². The van der Waals surface area contributed by atoms with Crippen LogP contribution in [0.2, 0.25) is 0 Å². The van der Waals surface area contributed by atoms with E-state index >= 15 is 0 Å². The van der Waals surface area contributed by atoms with Crippen LogP contribution < -0.4 is 19.7 Å². The number of hydrogen-bond donors (Lipinski definition) is 1. The van der Waals surface area contributed by atoms with Gasteiger partial charge in [-0.2, -0.15) is 0 Å². The van der Waals surface area contributed by atoms with Crippen molar-refractivity contribution in [3.8, 4) is 17.3 Å². The molecule has 2 aliphatic rings. The van der Waals surface area contributed by atoms with Crippen LogP contribution in [0.1, 0.15) is 40.3 Å². The summed E-state index contributed by atoms with van der Waals surface area (Å²) < 4.78 is 13.4. The van der Waals surface area contributed by atoms with E-state index in [2.05, 4.69) is 57.7 Å². The summed E-state index contributed by atoms with van der Waals surface area (Å²) in [5.41, 5.74) is 6.38. The van der Waals surface area contributed by atoms with Crippen LogP contribution in [-0.4, -0.2) is 26.4 Å². The Morgan fingerprint density at radius 1 is 0.943 bits per heavy atom. The maximum absolute atomic E-state index is 5.90. The van der Waals surface area contributed by atoms with Gasteiger partial charge in [0.15, 0.2) is 16.6 Å². The molecule has 0 amide bonds. The maximum Gasteiger partial charge on any atom is 0.231 e. The van der Waals surface area contributed by atoms with E-state index in [4.69, 9.17) is 21.7 Å². The van der Waals surface area contributed by atoms with Crippen LogP contribution in [0.3, 0.4) is 0 Å². The molecule has 1 fully saturated rings. The number of nitrogens with zero attached hydrogens (tertiary/aromatic N) is 4. The molecule has 0 unspecified atom stereocenters. The van der Waals surface area contributed by atoms with Crippen LogP contribution >= 0.6 is 12.2 Å². The smallest absolute Gasteiger partial charge is 0.231 e. The molecule has 4 aromatic rings. The van der Waals surface area contributed by atoms with E-state index in [1.165, 1.54) is 0 Å². The summed E-state index contributed by atoms with van der Waals surface area (Å²) in [7, 11) is 0. The van der Waals surface area contributed by atoms with Gasteiger partial charge < -0.3 is 24.3 Å². The van der Waals surface area contributed by atoms with Gasteiger partial charge in [-0.15, -0.1) is 0 Å². The molecule has 8 heteroatoms. The van der Waals surface area contributed by atoms with Crippen LogP contribution in [-0.2, 0) is 0 Å². The van der Waals surface area contributed by atoms with Crippen molar-refractivity contribution in [3.63, 3.8) is 0 Å². The van der Waals surface area contributed by atoms with Crippen molar-refractivity contribution in [2.24, 2.45) is 0 Å². The van der Waals surface area contributed by atoms with Crippen LogP contribution in [0.5, 0.6) is 11.5 Å². The van der Waals surface area contributed by atoms with Crippen LogP contribution in [0.15, 0.2) is 67.0 Å². The highest BCUT2D eigenvalue weighted by atomic mass is 32.1. The molecule has 0 spiro atoms. The maximum atomic E-state index is 5.90. The number of hydrogen-bond acceptors (Lipinski definition) is 5.